The number of amides is 2. The molecule has 5 rings (SSSR count). The van der Waals surface area contributed by atoms with Crippen molar-refractivity contribution in [3.63, 3.8) is 0 Å². The van der Waals surface area contributed by atoms with Crippen LogP contribution in [0.1, 0.15) is 24.8 Å². The number of hydrogen-bond donors (Lipinski definition) is 2. The Kier molecular flexibility index (Phi) is 7.09. The Bertz CT molecular complexity index is 1230. The zero-order valence-electron chi connectivity index (χ0n) is 20.2. The maximum absolute atomic E-state index is 12.5. The lowest BCUT2D eigenvalue weighted by molar-refractivity contribution is 0.158. The van der Waals surface area contributed by atoms with E-state index in [-0.39, 0.29) is 6.03 Å². The standard InChI is InChI=1S/C27H33N7O/c1-32(27(35)31-23-7-3-2-4-8-23)18-21-11-14-33(15-12-21)13-5-6-22-17-28-26-10-9-24(16-25(22)26)34-19-29-30-20-34/h2-4,7-10,16-17,19-21,28H,5-6,11-15,18H2,1H3,(H,31,35). The molecule has 2 aromatic heterocycles. The Hall–Kier alpha value is -3.65. The topological polar surface area (TPSA) is 82.1 Å². The molecule has 182 valence electrons. The quantitative estimate of drug-likeness (QED) is 0.395. The predicted octanol–water partition coefficient (Wildman–Crippen LogP) is 4.56. The molecule has 2 N–H and O–H groups in total. The molecule has 4 aromatic rings. The van der Waals surface area contributed by atoms with Crippen LogP contribution in [0.4, 0.5) is 10.5 Å². The molecule has 0 radical (unpaired) electrons. The normalized spacial score (nSPS) is 14.9. The molecule has 1 saturated heterocycles. The number of anilines is 1. The molecule has 0 atom stereocenters. The number of nitrogens with zero attached hydrogens (tertiary/aromatic N) is 5. The number of piperidine rings is 1. The fraction of sp³-hybridized carbons (Fsp3) is 0.370. The molecule has 1 aliphatic heterocycles. The van der Waals surface area contributed by atoms with Crippen LogP contribution >= 0.6 is 0 Å². The molecule has 0 saturated carbocycles. The van der Waals surface area contributed by atoms with Gasteiger partial charge in [-0.1, -0.05) is 18.2 Å². The number of para-hydroxylation sites is 1. The minimum Gasteiger partial charge on any atom is -0.361 e. The number of hydrogen-bond acceptors (Lipinski definition) is 4. The number of H-pyrrole nitrogens is 1. The molecule has 2 amide bonds. The first-order chi connectivity index (χ1) is 17.2. The molecule has 0 aliphatic carbocycles. The van der Waals surface area contributed by atoms with Crippen molar-refractivity contribution in [3.8, 4) is 5.69 Å². The minimum absolute atomic E-state index is 0.0372. The number of aromatic amines is 1. The average Bonchev–Trinajstić information content (AvgIpc) is 3.56. The monoisotopic (exact) mass is 471 g/mol. The Balaban J connectivity index is 1.06. The van der Waals surface area contributed by atoms with Crippen LogP contribution < -0.4 is 5.32 Å². The van der Waals surface area contributed by atoms with Crippen LogP contribution in [0.25, 0.3) is 16.6 Å². The second-order valence-corrected chi connectivity index (χ2v) is 9.48. The average molecular weight is 472 g/mol. The second-order valence-electron chi connectivity index (χ2n) is 9.48. The van der Waals surface area contributed by atoms with E-state index in [0.717, 1.165) is 68.8 Å². The summed E-state index contributed by atoms with van der Waals surface area (Å²) in [7, 11) is 1.89. The molecule has 3 heterocycles. The lowest BCUT2D eigenvalue weighted by atomic mass is 9.96. The fourth-order valence-corrected chi connectivity index (χ4v) is 4.96. The van der Waals surface area contributed by atoms with E-state index in [1.165, 1.54) is 10.9 Å². The SMILES string of the molecule is CN(CC1CCN(CCCc2c[nH]c3ccc(-n4cnnc4)cc23)CC1)C(=O)Nc1ccccc1. The molecule has 8 heteroatoms. The van der Waals surface area contributed by atoms with Crippen molar-refractivity contribution in [2.45, 2.75) is 25.7 Å². The summed E-state index contributed by atoms with van der Waals surface area (Å²) in [5.74, 6) is 0.558. The number of urea groups is 1. The number of likely N-dealkylation sites (tertiary alicyclic amines) is 1. The third-order valence-corrected chi connectivity index (χ3v) is 7.00. The second kappa shape index (κ2) is 10.7. The van der Waals surface area contributed by atoms with Crippen molar-refractivity contribution in [3.05, 3.63) is 72.9 Å². The number of aromatic nitrogens is 4. The van der Waals surface area contributed by atoms with E-state index in [9.17, 15) is 4.79 Å². The first-order valence-electron chi connectivity index (χ1n) is 12.4. The summed E-state index contributed by atoms with van der Waals surface area (Å²) in [4.78, 5) is 20.3. The number of aryl methyl sites for hydroxylation is 1. The van der Waals surface area contributed by atoms with Gasteiger partial charge in [-0.25, -0.2) is 4.79 Å². The van der Waals surface area contributed by atoms with E-state index < -0.39 is 0 Å². The summed E-state index contributed by atoms with van der Waals surface area (Å²) in [6, 6.07) is 16.0. The van der Waals surface area contributed by atoms with Gasteiger partial charge in [0.25, 0.3) is 0 Å². The van der Waals surface area contributed by atoms with Gasteiger partial charge in [-0.2, -0.15) is 0 Å². The van der Waals surface area contributed by atoms with Gasteiger partial charge in [0, 0.05) is 42.1 Å². The van der Waals surface area contributed by atoms with Crippen molar-refractivity contribution in [1.29, 1.82) is 0 Å². The van der Waals surface area contributed by atoms with Crippen LogP contribution in [0.5, 0.6) is 0 Å². The highest BCUT2D eigenvalue weighted by Crippen LogP contribution is 2.24. The minimum atomic E-state index is -0.0372. The number of nitrogens with one attached hydrogen (secondary N) is 2. The third-order valence-electron chi connectivity index (χ3n) is 7.00. The first-order valence-corrected chi connectivity index (χ1v) is 12.4. The number of benzene rings is 2. The zero-order chi connectivity index (χ0) is 24.0. The van der Waals surface area contributed by atoms with Gasteiger partial charge in [-0.3, -0.25) is 4.57 Å². The van der Waals surface area contributed by atoms with Crippen LogP contribution in [0, 0.1) is 5.92 Å². The molecule has 0 unspecified atom stereocenters. The zero-order valence-corrected chi connectivity index (χ0v) is 20.2. The summed E-state index contributed by atoms with van der Waals surface area (Å²) in [5.41, 5.74) is 4.44. The Morgan fingerprint density at radius 2 is 1.89 bits per heavy atom. The lowest BCUT2D eigenvalue weighted by Gasteiger charge is -2.33. The Morgan fingerprint density at radius 3 is 2.66 bits per heavy atom. The highest BCUT2D eigenvalue weighted by atomic mass is 16.2. The van der Waals surface area contributed by atoms with Crippen LogP contribution in [-0.4, -0.2) is 68.8 Å². The molecule has 1 aliphatic rings. The maximum atomic E-state index is 12.5. The summed E-state index contributed by atoms with van der Waals surface area (Å²) < 4.78 is 1.93. The Labute approximate surface area is 206 Å². The van der Waals surface area contributed by atoms with Gasteiger partial charge in [0.1, 0.15) is 12.7 Å². The maximum Gasteiger partial charge on any atom is 0.321 e. The van der Waals surface area contributed by atoms with Gasteiger partial charge in [0.15, 0.2) is 0 Å². The van der Waals surface area contributed by atoms with Gasteiger partial charge < -0.3 is 20.1 Å². The molecule has 8 nitrogen and oxygen atoms in total. The number of carbonyl (C=O) groups is 1. The van der Waals surface area contributed by atoms with Crippen molar-refractivity contribution in [2.24, 2.45) is 5.92 Å². The van der Waals surface area contributed by atoms with Crippen molar-refractivity contribution in [2.75, 3.05) is 38.5 Å². The molecule has 0 bridgehead atoms. The molecular weight excluding hydrogens is 438 g/mol. The smallest absolute Gasteiger partial charge is 0.321 e. The molecule has 0 spiro atoms. The van der Waals surface area contributed by atoms with Crippen molar-refractivity contribution >= 4 is 22.6 Å². The first kappa shape index (κ1) is 23.1. The lowest BCUT2D eigenvalue weighted by Crippen LogP contribution is -2.41. The van der Waals surface area contributed by atoms with Gasteiger partial charge >= 0.3 is 6.03 Å². The fourth-order valence-electron chi connectivity index (χ4n) is 4.96. The predicted molar refractivity (Wildman–Crippen MR) is 139 cm³/mol. The number of rotatable bonds is 8. The van der Waals surface area contributed by atoms with E-state index in [2.05, 4.69) is 49.8 Å². The molecule has 35 heavy (non-hydrogen) atoms. The number of fused-ring (bicyclic) bond motifs is 1. The van der Waals surface area contributed by atoms with E-state index in [0.29, 0.717) is 5.92 Å². The summed E-state index contributed by atoms with van der Waals surface area (Å²) >= 11 is 0. The Morgan fingerprint density at radius 1 is 1.11 bits per heavy atom. The van der Waals surface area contributed by atoms with E-state index in [1.54, 1.807) is 12.7 Å². The van der Waals surface area contributed by atoms with Gasteiger partial charge in [0.2, 0.25) is 0 Å². The van der Waals surface area contributed by atoms with E-state index in [4.69, 9.17) is 0 Å². The van der Waals surface area contributed by atoms with E-state index in [1.807, 2.05) is 46.8 Å². The van der Waals surface area contributed by atoms with Gasteiger partial charge in [0.05, 0.1) is 0 Å². The highest BCUT2D eigenvalue weighted by molar-refractivity contribution is 5.89. The number of carbonyl (C=O) groups excluding carboxylic acids is 1. The largest absolute Gasteiger partial charge is 0.361 e. The van der Waals surface area contributed by atoms with Crippen molar-refractivity contribution < 1.29 is 4.79 Å². The molecular formula is C27H33N7O. The summed E-state index contributed by atoms with van der Waals surface area (Å²) in [6.45, 7) is 4.11. The molecule has 2 aromatic carbocycles. The van der Waals surface area contributed by atoms with Crippen molar-refractivity contribution in [1.82, 2.24) is 29.5 Å². The van der Waals surface area contributed by atoms with E-state index >= 15 is 0 Å². The van der Waals surface area contributed by atoms with Gasteiger partial charge in [-0.15, -0.1) is 10.2 Å². The summed E-state index contributed by atoms with van der Waals surface area (Å²) in [6.07, 6.45) is 10.1. The van der Waals surface area contributed by atoms with Crippen LogP contribution in [0.15, 0.2) is 67.4 Å². The summed E-state index contributed by atoms with van der Waals surface area (Å²) in [5, 5.41) is 12.1. The van der Waals surface area contributed by atoms with Crippen LogP contribution in [-0.2, 0) is 6.42 Å². The third kappa shape index (κ3) is 5.71. The van der Waals surface area contributed by atoms with Gasteiger partial charge in [-0.05, 0) is 87.1 Å². The van der Waals surface area contributed by atoms with Crippen LogP contribution in [0.2, 0.25) is 0 Å². The van der Waals surface area contributed by atoms with Crippen LogP contribution in [0.3, 0.4) is 0 Å². The highest BCUT2D eigenvalue weighted by Gasteiger charge is 2.22. The molecule has 1 fully saturated rings.